The SMILES string of the molecule is CC(=O)c1ccc2c(c1)c1cc(C(C)=O)ccc1n2CCCC(=O)NO. The lowest BCUT2D eigenvalue weighted by Gasteiger charge is -2.07. The lowest BCUT2D eigenvalue weighted by molar-refractivity contribution is -0.129. The molecule has 0 aliphatic carbocycles. The standard InChI is InChI=1S/C20H20N2O4/c1-12(23)14-5-7-18-16(10-14)17-11-15(13(2)24)6-8-19(17)22(18)9-3-4-20(25)21-26/h5-8,10-11,26H,3-4,9H2,1-2H3,(H,21,25). The van der Waals surface area contributed by atoms with Gasteiger partial charge in [-0.1, -0.05) is 0 Å². The number of aryl methyl sites for hydroxylation is 1. The maximum atomic E-state index is 11.8. The lowest BCUT2D eigenvalue weighted by Crippen LogP contribution is -2.18. The van der Waals surface area contributed by atoms with E-state index >= 15 is 0 Å². The number of amides is 1. The molecular weight excluding hydrogens is 332 g/mol. The van der Waals surface area contributed by atoms with E-state index in [1.165, 1.54) is 13.8 Å². The predicted molar refractivity (Wildman–Crippen MR) is 98.6 cm³/mol. The number of benzene rings is 2. The van der Waals surface area contributed by atoms with Gasteiger partial charge in [-0.15, -0.1) is 0 Å². The Morgan fingerprint density at radius 2 is 1.42 bits per heavy atom. The molecule has 0 atom stereocenters. The number of carbonyl (C=O) groups is 3. The van der Waals surface area contributed by atoms with E-state index in [4.69, 9.17) is 5.21 Å². The number of hydroxylamine groups is 1. The zero-order chi connectivity index (χ0) is 18.8. The first kappa shape index (κ1) is 17.8. The van der Waals surface area contributed by atoms with Crippen molar-refractivity contribution in [3.63, 3.8) is 0 Å². The Morgan fingerprint density at radius 1 is 0.923 bits per heavy atom. The average molecular weight is 352 g/mol. The molecule has 0 saturated heterocycles. The van der Waals surface area contributed by atoms with Crippen LogP contribution in [0.4, 0.5) is 0 Å². The van der Waals surface area contributed by atoms with Gasteiger partial charge in [-0.25, -0.2) is 5.48 Å². The Hall–Kier alpha value is -2.99. The summed E-state index contributed by atoms with van der Waals surface area (Å²) >= 11 is 0. The smallest absolute Gasteiger partial charge is 0.243 e. The van der Waals surface area contributed by atoms with E-state index in [1.807, 2.05) is 24.3 Å². The van der Waals surface area contributed by atoms with Crippen molar-refractivity contribution in [1.82, 2.24) is 10.0 Å². The highest BCUT2D eigenvalue weighted by atomic mass is 16.5. The van der Waals surface area contributed by atoms with Gasteiger partial charge >= 0.3 is 0 Å². The molecule has 0 aliphatic rings. The predicted octanol–water partition coefficient (Wildman–Crippen LogP) is 3.49. The van der Waals surface area contributed by atoms with Crippen molar-refractivity contribution in [2.75, 3.05) is 0 Å². The van der Waals surface area contributed by atoms with Crippen LogP contribution in [0.15, 0.2) is 36.4 Å². The van der Waals surface area contributed by atoms with E-state index in [2.05, 4.69) is 4.57 Å². The highest BCUT2D eigenvalue weighted by Gasteiger charge is 2.14. The third kappa shape index (κ3) is 3.23. The summed E-state index contributed by atoms with van der Waals surface area (Å²) in [5, 5.41) is 10.4. The van der Waals surface area contributed by atoms with E-state index in [-0.39, 0.29) is 18.0 Å². The van der Waals surface area contributed by atoms with Gasteiger partial charge in [0.1, 0.15) is 0 Å². The minimum Gasteiger partial charge on any atom is -0.340 e. The zero-order valence-electron chi connectivity index (χ0n) is 14.7. The van der Waals surface area contributed by atoms with Crippen molar-refractivity contribution >= 4 is 39.3 Å². The third-order valence-electron chi connectivity index (χ3n) is 4.59. The molecular formula is C20H20N2O4. The number of ketones is 2. The quantitative estimate of drug-likeness (QED) is 0.404. The molecule has 0 radical (unpaired) electrons. The monoisotopic (exact) mass is 352 g/mol. The number of nitrogens with one attached hydrogen (secondary N) is 1. The normalized spacial score (nSPS) is 11.0. The molecule has 134 valence electrons. The van der Waals surface area contributed by atoms with Crippen LogP contribution in [0.3, 0.4) is 0 Å². The first-order valence-electron chi connectivity index (χ1n) is 8.43. The van der Waals surface area contributed by atoms with Gasteiger partial charge in [0, 0.05) is 45.9 Å². The summed E-state index contributed by atoms with van der Waals surface area (Å²) in [6, 6.07) is 11.1. The summed E-state index contributed by atoms with van der Waals surface area (Å²) in [6.45, 7) is 3.62. The molecule has 6 nitrogen and oxygen atoms in total. The Kier molecular flexibility index (Phi) is 4.86. The maximum Gasteiger partial charge on any atom is 0.243 e. The molecule has 6 heteroatoms. The van der Waals surface area contributed by atoms with Gasteiger partial charge in [0.25, 0.3) is 0 Å². The van der Waals surface area contributed by atoms with Crippen LogP contribution in [0.2, 0.25) is 0 Å². The van der Waals surface area contributed by atoms with Crippen molar-refractivity contribution < 1.29 is 19.6 Å². The number of aromatic nitrogens is 1. The zero-order valence-corrected chi connectivity index (χ0v) is 14.7. The van der Waals surface area contributed by atoms with E-state index < -0.39 is 5.91 Å². The molecule has 0 saturated carbocycles. The van der Waals surface area contributed by atoms with Crippen molar-refractivity contribution in [1.29, 1.82) is 0 Å². The van der Waals surface area contributed by atoms with Crippen LogP contribution in [0, 0.1) is 0 Å². The van der Waals surface area contributed by atoms with E-state index in [9.17, 15) is 14.4 Å². The molecule has 26 heavy (non-hydrogen) atoms. The minimum absolute atomic E-state index is 0.0184. The summed E-state index contributed by atoms with van der Waals surface area (Å²) in [7, 11) is 0. The van der Waals surface area contributed by atoms with Crippen LogP contribution in [-0.4, -0.2) is 27.2 Å². The Balaban J connectivity index is 2.16. The fourth-order valence-electron chi connectivity index (χ4n) is 3.24. The molecule has 1 aromatic heterocycles. The van der Waals surface area contributed by atoms with Crippen molar-refractivity contribution in [3.05, 3.63) is 47.5 Å². The molecule has 3 rings (SSSR count). The lowest BCUT2D eigenvalue weighted by atomic mass is 10.0. The molecule has 0 bridgehead atoms. The van der Waals surface area contributed by atoms with E-state index in [1.54, 1.807) is 17.6 Å². The number of Topliss-reactive ketones (excluding diaryl/α,β-unsaturated/α-hetero) is 2. The fourth-order valence-corrected chi connectivity index (χ4v) is 3.24. The van der Waals surface area contributed by atoms with E-state index in [0.29, 0.717) is 24.1 Å². The number of carbonyl (C=O) groups excluding carboxylic acids is 3. The van der Waals surface area contributed by atoms with Crippen LogP contribution in [0.1, 0.15) is 47.4 Å². The van der Waals surface area contributed by atoms with Gasteiger partial charge in [0.05, 0.1) is 0 Å². The maximum absolute atomic E-state index is 11.8. The first-order valence-corrected chi connectivity index (χ1v) is 8.43. The van der Waals surface area contributed by atoms with Gasteiger partial charge in [-0.2, -0.15) is 0 Å². The van der Waals surface area contributed by atoms with E-state index in [0.717, 1.165) is 21.8 Å². The highest BCUT2D eigenvalue weighted by molar-refractivity contribution is 6.12. The molecule has 2 N–H and O–H groups in total. The molecule has 0 unspecified atom stereocenters. The average Bonchev–Trinajstić information content (AvgIpc) is 2.94. The van der Waals surface area contributed by atoms with Gasteiger partial charge in [0.2, 0.25) is 5.91 Å². The second kappa shape index (κ2) is 7.09. The number of rotatable bonds is 6. The molecule has 0 spiro atoms. The van der Waals surface area contributed by atoms with Crippen molar-refractivity contribution in [3.8, 4) is 0 Å². The van der Waals surface area contributed by atoms with Crippen LogP contribution in [0.5, 0.6) is 0 Å². The second-order valence-electron chi connectivity index (χ2n) is 6.37. The van der Waals surface area contributed by atoms with Crippen LogP contribution >= 0.6 is 0 Å². The second-order valence-corrected chi connectivity index (χ2v) is 6.37. The van der Waals surface area contributed by atoms with Gasteiger partial charge in [-0.05, 0) is 56.7 Å². The highest BCUT2D eigenvalue weighted by Crippen LogP contribution is 2.31. The third-order valence-corrected chi connectivity index (χ3v) is 4.59. The first-order chi connectivity index (χ1) is 12.4. The molecule has 1 heterocycles. The van der Waals surface area contributed by atoms with Gasteiger partial charge < -0.3 is 4.57 Å². The Morgan fingerprint density at radius 3 is 1.85 bits per heavy atom. The number of hydrogen-bond donors (Lipinski definition) is 2. The Bertz CT molecular complexity index is 962. The molecule has 2 aromatic carbocycles. The number of hydrogen-bond acceptors (Lipinski definition) is 4. The van der Waals surface area contributed by atoms with Gasteiger partial charge in [-0.3, -0.25) is 19.6 Å². The minimum atomic E-state index is -0.427. The van der Waals surface area contributed by atoms with Crippen LogP contribution < -0.4 is 5.48 Å². The van der Waals surface area contributed by atoms with Crippen molar-refractivity contribution in [2.45, 2.75) is 33.2 Å². The molecule has 0 aliphatic heterocycles. The van der Waals surface area contributed by atoms with Gasteiger partial charge in [0.15, 0.2) is 11.6 Å². The van der Waals surface area contributed by atoms with Crippen molar-refractivity contribution in [2.24, 2.45) is 0 Å². The topological polar surface area (TPSA) is 88.4 Å². The molecule has 1 amide bonds. The van der Waals surface area contributed by atoms with Crippen LogP contribution in [-0.2, 0) is 11.3 Å². The summed E-state index contributed by atoms with van der Waals surface area (Å²) in [5.74, 6) is -0.464. The summed E-state index contributed by atoms with van der Waals surface area (Å²) < 4.78 is 2.07. The molecule has 3 aromatic rings. The largest absolute Gasteiger partial charge is 0.340 e. The Labute approximate surface area is 150 Å². The van der Waals surface area contributed by atoms with Crippen LogP contribution in [0.25, 0.3) is 21.8 Å². The summed E-state index contributed by atoms with van der Waals surface area (Å²) in [4.78, 5) is 34.8. The fraction of sp³-hybridized carbons (Fsp3) is 0.250. The summed E-state index contributed by atoms with van der Waals surface area (Å²) in [5.41, 5.74) is 4.75. The number of nitrogens with zero attached hydrogens (tertiary/aromatic N) is 1. The summed E-state index contributed by atoms with van der Waals surface area (Å²) in [6.07, 6.45) is 0.753. The molecule has 0 fully saturated rings. The number of fused-ring (bicyclic) bond motifs is 3.